The number of ether oxygens (including phenoxy) is 3. The summed E-state index contributed by atoms with van der Waals surface area (Å²) in [5.41, 5.74) is 0.769. The summed E-state index contributed by atoms with van der Waals surface area (Å²) in [6, 6.07) is 5.53. The molecule has 1 aromatic rings. The molecule has 1 aromatic carbocycles. The van der Waals surface area contributed by atoms with Gasteiger partial charge in [0.2, 0.25) is 0 Å². The Labute approximate surface area is 126 Å². The number of aliphatic hydroxyl groups excluding tert-OH is 1. The van der Waals surface area contributed by atoms with Gasteiger partial charge < -0.3 is 19.3 Å². The zero-order chi connectivity index (χ0) is 15.5. The van der Waals surface area contributed by atoms with Gasteiger partial charge in [-0.3, -0.25) is 4.90 Å². The summed E-state index contributed by atoms with van der Waals surface area (Å²) < 4.78 is 16.0. The largest absolute Gasteiger partial charge is 0.493 e. The molecule has 1 aliphatic heterocycles. The SMILES string of the molecule is COc1ccc(C(O)CN2CCOCC2(C)C)cc1OC. The summed E-state index contributed by atoms with van der Waals surface area (Å²) in [5, 5.41) is 10.5. The number of hydrogen-bond acceptors (Lipinski definition) is 5. The highest BCUT2D eigenvalue weighted by Gasteiger charge is 2.32. The normalized spacial score (nSPS) is 20.0. The Morgan fingerprint density at radius 2 is 2.00 bits per heavy atom. The molecule has 1 atom stereocenters. The van der Waals surface area contributed by atoms with Crippen LogP contribution < -0.4 is 9.47 Å². The van der Waals surface area contributed by atoms with Crippen LogP contribution in [0.4, 0.5) is 0 Å². The first-order chi connectivity index (χ1) is 9.97. The third-order valence-corrected chi connectivity index (χ3v) is 4.00. The van der Waals surface area contributed by atoms with Crippen molar-refractivity contribution in [1.82, 2.24) is 4.90 Å². The molecule has 1 unspecified atom stereocenters. The van der Waals surface area contributed by atoms with Crippen molar-refractivity contribution in [2.75, 3.05) is 40.5 Å². The predicted molar refractivity (Wildman–Crippen MR) is 81.0 cm³/mol. The lowest BCUT2D eigenvalue weighted by molar-refractivity contribution is -0.0668. The fourth-order valence-corrected chi connectivity index (χ4v) is 2.60. The van der Waals surface area contributed by atoms with Gasteiger partial charge >= 0.3 is 0 Å². The van der Waals surface area contributed by atoms with E-state index in [1.54, 1.807) is 14.2 Å². The molecule has 1 aliphatic rings. The molecule has 5 heteroatoms. The third-order valence-electron chi connectivity index (χ3n) is 4.00. The number of rotatable bonds is 5. The summed E-state index contributed by atoms with van der Waals surface area (Å²) >= 11 is 0. The number of morpholine rings is 1. The maximum Gasteiger partial charge on any atom is 0.161 e. The number of methoxy groups -OCH3 is 2. The van der Waals surface area contributed by atoms with Crippen LogP contribution in [-0.2, 0) is 4.74 Å². The van der Waals surface area contributed by atoms with Crippen LogP contribution in [0.25, 0.3) is 0 Å². The molecule has 5 nitrogen and oxygen atoms in total. The predicted octanol–water partition coefficient (Wildman–Crippen LogP) is 1.85. The van der Waals surface area contributed by atoms with Crippen LogP contribution in [0, 0.1) is 0 Å². The van der Waals surface area contributed by atoms with E-state index < -0.39 is 6.10 Å². The van der Waals surface area contributed by atoms with E-state index in [0.29, 0.717) is 31.3 Å². The van der Waals surface area contributed by atoms with E-state index in [-0.39, 0.29) is 5.54 Å². The number of nitrogens with zero attached hydrogens (tertiary/aromatic N) is 1. The van der Waals surface area contributed by atoms with E-state index in [9.17, 15) is 5.11 Å². The molecular formula is C16H25NO4. The van der Waals surface area contributed by atoms with Crippen molar-refractivity contribution in [2.45, 2.75) is 25.5 Å². The van der Waals surface area contributed by atoms with Crippen LogP contribution in [0.5, 0.6) is 11.5 Å². The summed E-state index contributed by atoms with van der Waals surface area (Å²) in [5.74, 6) is 1.30. The standard InChI is InChI=1S/C16H25NO4/c1-16(2)11-21-8-7-17(16)10-13(18)12-5-6-14(19-3)15(9-12)20-4/h5-6,9,13,18H,7-8,10-11H2,1-4H3. The smallest absolute Gasteiger partial charge is 0.161 e. The Bertz CT molecular complexity index is 475. The van der Waals surface area contributed by atoms with Crippen LogP contribution in [0.1, 0.15) is 25.5 Å². The van der Waals surface area contributed by atoms with Gasteiger partial charge in [0.1, 0.15) is 0 Å². The molecule has 21 heavy (non-hydrogen) atoms. The van der Waals surface area contributed by atoms with Crippen molar-refractivity contribution in [3.8, 4) is 11.5 Å². The molecule has 1 fully saturated rings. The van der Waals surface area contributed by atoms with Crippen LogP contribution in [0.3, 0.4) is 0 Å². The van der Waals surface area contributed by atoms with Crippen molar-refractivity contribution < 1.29 is 19.3 Å². The van der Waals surface area contributed by atoms with Gasteiger partial charge in [-0.2, -0.15) is 0 Å². The van der Waals surface area contributed by atoms with Gasteiger partial charge in [-0.05, 0) is 31.5 Å². The van der Waals surface area contributed by atoms with Gasteiger partial charge in [0.05, 0.1) is 33.5 Å². The van der Waals surface area contributed by atoms with Gasteiger partial charge in [0.25, 0.3) is 0 Å². The molecule has 1 heterocycles. The van der Waals surface area contributed by atoms with Crippen molar-refractivity contribution in [1.29, 1.82) is 0 Å². The van der Waals surface area contributed by atoms with E-state index in [1.807, 2.05) is 18.2 Å². The fourth-order valence-electron chi connectivity index (χ4n) is 2.60. The third kappa shape index (κ3) is 3.67. The van der Waals surface area contributed by atoms with Crippen molar-refractivity contribution in [2.24, 2.45) is 0 Å². The molecule has 0 bridgehead atoms. The summed E-state index contributed by atoms with van der Waals surface area (Å²) in [4.78, 5) is 2.26. The number of aliphatic hydroxyl groups is 1. The maximum absolute atomic E-state index is 10.5. The Morgan fingerprint density at radius 3 is 2.62 bits per heavy atom. The van der Waals surface area contributed by atoms with E-state index in [2.05, 4.69) is 18.7 Å². The van der Waals surface area contributed by atoms with E-state index in [4.69, 9.17) is 14.2 Å². The second-order valence-corrected chi connectivity index (χ2v) is 5.94. The molecule has 1 saturated heterocycles. The van der Waals surface area contributed by atoms with Gasteiger partial charge in [0.15, 0.2) is 11.5 Å². The minimum Gasteiger partial charge on any atom is -0.493 e. The Hall–Kier alpha value is -1.30. The van der Waals surface area contributed by atoms with Gasteiger partial charge in [-0.15, -0.1) is 0 Å². The fraction of sp³-hybridized carbons (Fsp3) is 0.625. The Kier molecular flexibility index (Phi) is 5.08. The average molecular weight is 295 g/mol. The second-order valence-electron chi connectivity index (χ2n) is 5.94. The van der Waals surface area contributed by atoms with Gasteiger partial charge in [-0.25, -0.2) is 0 Å². The highest BCUT2D eigenvalue weighted by molar-refractivity contribution is 5.43. The van der Waals surface area contributed by atoms with E-state index >= 15 is 0 Å². The molecule has 118 valence electrons. The lowest BCUT2D eigenvalue weighted by Crippen LogP contribution is -2.54. The number of benzene rings is 1. The van der Waals surface area contributed by atoms with E-state index in [1.165, 1.54) is 0 Å². The number of hydrogen-bond donors (Lipinski definition) is 1. The average Bonchev–Trinajstić information content (AvgIpc) is 2.48. The molecule has 0 saturated carbocycles. The maximum atomic E-state index is 10.5. The van der Waals surface area contributed by atoms with Crippen molar-refractivity contribution in [3.63, 3.8) is 0 Å². The highest BCUT2D eigenvalue weighted by atomic mass is 16.5. The van der Waals surface area contributed by atoms with Gasteiger partial charge in [-0.1, -0.05) is 6.07 Å². The molecular weight excluding hydrogens is 270 g/mol. The topological polar surface area (TPSA) is 51.2 Å². The van der Waals surface area contributed by atoms with Crippen molar-refractivity contribution in [3.05, 3.63) is 23.8 Å². The Balaban J connectivity index is 2.11. The summed E-state index contributed by atoms with van der Waals surface area (Å²) in [7, 11) is 3.20. The minimum absolute atomic E-state index is 0.0597. The van der Waals surface area contributed by atoms with Crippen LogP contribution in [0.2, 0.25) is 0 Å². The molecule has 0 amide bonds. The van der Waals surface area contributed by atoms with Crippen molar-refractivity contribution >= 4 is 0 Å². The second kappa shape index (κ2) is 6.64. The summed E-state index contributed by atoms with van der Waals surface area (Å²) in [6.45, 7) is 7.07. The molecule has 0 aromatic heterocycles. The molecule has 0 aliphatic carbocycles. The van der Waals surface area contributed by atoms with E-state index in [0.717, 1.165) is 12.1 Å². The zero-order valence-electron chi connectivity index (χ0n) is 13.3. The molecule has 2 rings (SSSR count). The molecule has 1 N–H and O–H groups in total. The van der Waals surface area contributed by atoms with Gasteiger partial charge in [0, 0.05) is 18.6 Å². The summed E-state index contributed by atoms with van der Waals surface area (Å²) in [6.07, 6.45) is -0.567. The quantitative estimate of drug-likeness (QED) is 0.898. The lowest BCUT2D eigenvalue weighted by Gasteiger charge is -2.43. The minimum atomic E-state index is -0.567. The van der Waals surface area contributed by atoms with Crippen LogP contribution in [0.15, 0.2) is 18.2 Å². The first-order valence-corrected chi connectivity index (χ1v) is 7.20. The number of β-amino-alcohol motifs (C(OH)–C–C–N with tert-alkyl or cyclic N) is 1. The van der Waals surface area contributed by atoms with Crippen LogP contribution >= 0.6 is 0 Å². The molecule has 0 radical (unpaired) electrons. The monoisotopic (exact) mass is 295 g/mol. The van der Waals surface area contributed by atoms with Crippen LogP contribution in [-0.4, -0.2) is 56.1 Å². The highest BCUT2D eigenvalue weighted by Crippen LogP contribution is 2.31. The first-order valence-electron chi connectivity index (χ1n) is 7.20. The molecule has 0 spiro atoms. The first kappa shape index (κ1) is 16.1. The zero-order valence-corrected chi connectivity index (χ0v) is 13.3. The lowest BCUT2D eigenvalue weighted by atomic mass is 10.00. The Morgan fingerprint density at radius 1 is 1.29 bits per heavy atom.